The normalized spacial score (nSPS) is 14.2. The van der Waals surface area contributed by atoms with Gasteiger partial charge in [-0.2, -0.15) is 5.10 Å². The van der Waals surface area contributed by atoms with E-state index in [1.54, 1.807) is 6.07 Å². The van der Waals surface area contributed by atoms with Crippen molar-refractivity contribution in [1.29, 1.82) is 0 Å². The molecule has 0 saturated heterocycles. The van der Waals surface area contributed by atoms with Crippen molar-refractivity contribution < 1.29 is 14.0 Å². The molecule has 0 spiro atoms. The number of fused-ring (bicyclic) bond motifs is 1. The molecule has 1 heterocycles. The van der Waals surface area contributed by atoms with E-state index >= 15 is 0 Å². The molecule has 7 heteroatoms. The molecule has 0 aliphatic heterocycles. The number of benzene rings is 2. The molecule has 3 aromatic rings. The molecule has 158 valence electrons. The average Bonchev–Trinajstić information content (AvgIpc) is 3.11. The Labute approximate surface area is 194 Å². The summed E-state index contributed by atoms with van der Waals surface area (Å²) in [5, 5.41) is 7.28. The van der Waals surface area contributed by atoms with E-state index in [2.05, 4.69) is 38.4 Å². The fourth-order valence-corrected chi connectivity index (χ4v) is 4.08. The molecule has 6 nitrogen and oxygen atoms in total. The zero-order valence-corrected chi connectivity index (χ0v) is 19.4. The van der Waals surface area contributed by atoms with E-state index in [4.69, 9.17) is 4.42 Å². The molecule has 0 radical (unpaired) electrons. The summed E-state index contributed by atoms with van der Waals surface area (Å²) in [5.74, 6) is 0.468. The SMILES string of the molecule is Cc1ccccc1C(=O)N/N=C1\CCCc2oc(C(=O)Nc3ccc(I)cc3)c(C)c21. The molecular formula is C24H22IN3O3. The van der Waals surface area contributed by atoms with Gasteiger partial charge in [-0.3, -0.25) is 9.59 Å². The molecule has 0 atom stereocenters. The minimum atomic E-state index is -0.295. The van der Waals surface area contributed by atoms with Crippen LogP contribution in [0, 0.1) is 17.4 Å². The molecule has 0 bridgehead atoms. The summed E-state index contributed by atoms with van der Waals surface area (Å²) in [6.45, 7) is 3.74. The Balaban J connectivity index is 1.57. The number of hydrogen-bond acceptors (Lipinski definition) is 4. The first-order chi connectivity index (χ1) is 14.9. The fourth-order valence-electron chi connectivity index (χ4n) is 3.72. The van der Waals surface area contributed by atoms with Crippen LogP contribution in [-0.2, 0) is 6.42 Å². The monoisotopic (exact) mass is 527 g/mol. The molecule has 0 fully saturated rings. The molecule has 4 rings (SSSR count). The van der Waals surface area contributed by atoms with Crippen molar-refractivity contribution in [3.63, 3.8) is 0 Å². The third-order valence-electron chi connectivity index (χ3n) is 5.32. The van der Waals surface area contributed by atoms with Gasteiger partial charge in [0.15, 0.2) is 5.76 Å². The highest BCUT2D eigenvalue weighted by Gasteiger charge is 2.28. The molecule has 0 unspecified atom stereocenters. The summed E-state index contributed by atoms with van der Waals surface area (Å²) in [7, 11) is 0. The molecule has 2 amide bonds. The first kappa shape index (κ1) is 21.3. The van der Waals surface area contributed by atoms with E-state index in [1.165, 1.54) is 0 Å². The zero-order chi connectivity index (χ0) is 22.0. The third kappa shape index (κ3) is 4.56. The lowest BCUT2D eigenvalue weighted by atomic mass is 9.93. The minimum absolute atomic E-state index is 0.254. The molecule has 0 saturated carbocycles. The number of rotatable bonds is 4. The second-order valence-corrected chi connectivity index (χ2v) is 8.73. The van der Waals surface area contributed by atoms with Crippen molar-refractivity contribution in [1.82, 2.24) is 5.43 Å². The summed E-state index contributed by atoms with van der Waals surface area (Å²) in [6, 6.07) is 14.9. The molecular weight excluding hydrogens is 505 g/mol. The van der Waals surface area contributed by atoms with E-state index in [9.17, 15) is 9.59 Å². The number of furan rings is 1. The van der Waals surface area contributed by atoms with Crippen LogP contribution in [0.2, 0.25) is 0 Å². The van der Waals surface area contributed by atoms with Gasteiger partial charge >= 0.3 is 0 Å². The van der Waals surface area contributed by atoms with Crippen molar-refractivity contribution in [2.45, 2.75) is 33.1 Å². The van der Waals surface area contributed by atoms with Gasteiger partial charge < -0.3 is 9.73 Å². The van der Waals surface area contributed by atoms with Crippen LogP contribution in [0.3, 0.4) is 0 Å². The Morgan fingerprint density at radius 3 is 2.48 bits per heavy atom. The fraction of sp³-hybridized carbons (Fsp3) is 0.208. The Hall–Kier alpha value is -2.94. The Kier molecular flexibility index (Phi) is 6.22. The topological polar surface area (TPSA) is 83.7 Å². The van der Waals surface area contributed by atoms with Gasteiger partial charge in [0.25, 0.3) is 11.8 Å². The maximum atomic E-state index is 12.8. The Morgan fingerprint density at radius 2 is 1.74 bits per heavy atom. The largest absolute Gasteiger partial charge is 0.455 e. The smallest absolute Gasteiger partial charge is 0.291 e. The first-order valence-electron chi connectivity index (χ1n) is 10.1. The molecule has 2 N–H and O–H groups in total. The lowest BCUT2D eigenvalue weighted by Crippen LogP contribution is -2.22. The van der Waals surface area contributed by atoms with Gasteiger partial charge in [-0.05, 0) is 85.2 Å². The summed E-state index contributed by atoms with van der Waals surface area (Å²) in [4.78, 5) is 25.4. The number of hydrogen-bond donors (Lipinski definition) is 2. The quantitative estimate of drug-likeness (QED) is 0.361. The number of hydrazone groups is 1. The van der Waals surface area contributed by atoms with Gasteiger partial charge in [0, 0.05) is 32.4 Å². The van der Waals surface area contributed by atoms with Crippen LogP contribution in [0.15, 0.2) is 58.0 Å². The average molecular weight is 527 g/mol. The van der Waals surface area contributed by atoms with Gasteiger partial charge in [0.1, 0.15) is 5.76 Å². The standard InChI is InChI=1S/C24H22IN3O3/c1-14-6-3-4-7-18(14)23(29)28-27-19-8-5-9-20-21(19)15(2)22(31-20)24(30)26-17-12-10-16(25)11-13-17/h3-4,6-7,10-13H,5,8-9H2,1-2H3,(H,26,30)(H,28,29)/b27-19+. The van der Waals surface area contributed by atoms with E-state index in [-0.39, 0.29) is 17.6 Å². The Morgan fingerprint density at radius 1 is 1.00 bits per heavy atom. The van der Waals surface area contributed by atoms with Crippen molar-refractivity contribution in [3.8, 4) is 0 Å². The second-order valence-electron chi connectivity index (χ2n) is 7.48. The number of carbonyl (C=O) groups is 2. The van der Waals surface area contributed by atoms with Crippen molar-refractivity contribution in [2.75, 3.05) is 5.32 Å². The van der Waals surface area contributed by atoms with Gasteiger partial charge in [0.2, 0.25) is 0 Å². The van der Waals surface area contributed by atoms with E-state index in [0.29, 0.717) is 17.7 Å². The molecule has 1 aromatic heterocycles. The van der Waals surface area contributed by atoms with Crippen LogP contribution >= 0.6 is 22.6 Å². The summed E-state index contributed by atoms with van der Waals surface area (Å²) >= 11 is 2.22. The summed E-state index contributed by atoms with van der Waals surface area (Å²) in [5.41, 5.74) is 7.14. The number of anilines is 1. The number of amides is 2. The molecule has 31 heavy (non-hydrogen) atoms. The summed E-state index contributed by atoms with van der Waals surface area (Å²) in [6.07, 6.45) is 2.29. The van der Waals surface area contributed by atoms with Gasteiger partial charge in [0.05, 0.1) is 5.71 Å². The van der Waals surface area contributed by atoms with Crippen molar-refractivity contribution in [2.24, 2.45) is 5.10 Å². The third-order valence-corrected chi connectivity index (χ3v) is 6.04. The first-order valence-corrected chi connectivity index (χ1v) is 11.1. The maximum absolute atomic E-state index is 12.8. The predicted molar refractivity (Wildman–Crippen MR) is 129 cm³/mol. The second kappa shape index (κ2) is 9.05. The van der Waals surface area contributed by atoms with E-state index < -0.39 is 0 Å². The molecule has 1 aliphatic rings. The number of aryl methyl sites for hydroxylation is 2. The number of nitrogens with one attached hydrogen (secondary N) is 2. The Bertz CT molecular complexity index is 1180. The van der Waals surface area contributed by atoms with E-state index in [0.717, 1.165) is 44.6 Å². The maximum Gasteiger partial charge on any atom is 0.291 e. The van der Waals surface area contributed by atoms with Crippen molar-refractivity contribution in [3.05, 3.63) is 85.9 Å². The van der Waals surface area contributed by atoms with Gasteiger partial charge in [-0.25, -0.2) is 5.43 Å². The van der Waals surface area contributed by atoms with Crippen LogP contribution in [-0.4, -0.2) is 17.5 Å². The van der Waals surface area contributed by atoms with Crippen LogP contribution in [0.4, 0.5) is 5.69 Å². The van der Waals surface area contributed by atoms with Crippen molar-refractivity contribution >= 4 is 45.8 Å². The van der Waals surface area contributed by atoms with Crippen LogP contribution in [0.5, 0.6) is 0 Å². The lowest BCUT2D eigenvalue weighted by molar-refractivity contribution is 0.0953. The highest BCUT2D eigenvalue weighted by atomic mass is 127. The minimum Gasteiger partial charge on any atom is -0.455 e. The zero-order valence-electron chi connectivity index (χ0n) is 17.3. The number of carbonyl (C=O) groups excluding carboxylic acids is 2. The van der Waals surface area contributed by atoms with Crippen LogP contribution in [0.1, 0.15) is 56.2 Å². The highest BCUT2D eigenvalue weighted by Crippen LogP contribution is 2.30. The number of nitrogens with zero attached hydrogens (tertiary/aromatic N) is 1. The van der Waals surface area contributed by atoms with Crippen LogP contribution < -0.4 is 10.7 Å². The molecule has 1 aliphatic carbocycles. The van der Waals surface area contributed by atoms with Crippen LogP contribution in [0.25, 0.3) is 0 Å². The van der Waals surface area contributed by atoms with Gasteiger partial charge in [-0.15, -0.1) is 0 Å². The lowest BCUT2D eigenvalue weighted by Gasteiger charge is -2.13. The molecule has 2 aromatic carbocycles. The number of halogens is 1. The highest BCUT2D eigenvalue weighted by molar-refractivity contribution is 14.1. The van der Waals surface area contributed by atoms with Gasteiger partial charge in [-0.1, -0.05) is 18.2 Å². The predicted octanol–water partition coefficient (Wildman–Crippen LogP) is 5.22. The summed E-state index contributed by atoms with van der Waals surface area (Å²) < 4.78 is 7.02. The van der Waals surface area contributed by atoms with E-state index in [1.807, 2.05) is 56.3 Å².